The monoisotopic (exact) mass is 324 g/mol. The maximum atomic E-state index is 12.9. The van der Waals surface area contributed by atoms with Gasteiger partial charge >= 0.3 is 0 Å². The van der Waals surface area contributed by atoms with Crippen LogP contribution in [0.3, 0.4) is 0 Å². The molecule has 0 spiro atoms. The minimum atomic E-state index is -0.309. The molecule has 0 aliphatic carbocycles. The van der Waals surface area contributed by atoms with Gasteiger partial charge in [-0.25, -0.2) is 4.39 Å². The third-order valence-electron chi connectivity index (χ3n) is 4.18. The number of anilines is 1. The number of carbonyl (C=O) groups excluding carboxylic acids is 1. The number of carbonyl (C=O) groups is 1. The molecule has 0 unspecified atom stereocenters. The molecule has 0 radical (unpaired) electrons. The maximum Gasteiger partial charge on any atom is 0.251 e. The number of aryl methyl sites for hydroxylation is 1. The first-order valence-corrected chi connectivity index (χ1v) is 8.14. The Bertz CT molecular complexity index is 752. The molecule has 2 aromatic carbocycles. The molecule has 1 aliphatic heterocycles. The van der Waals surface area contributed by atoms with Gasteiger partial charge in [-0.1, -0.05) is 35.9 Å². The second-order valence-electron chi connectivity index (χ2n) is 6.16. The van der Waals surface area contributed by atoms with E-state index in [-0.39, 0.29) is 11.7 Å². The summed E-state index contributed by atoms with van der Waals surface area (Å²) < 4.78 is 12.9. The van der Waals surface area contributed by atoms with Crippen molar-refractivity contribution in [3.05, 3.63) is 77.1 Å². The van der Waals surface area contributed by atoms with E-state index in [0.717, 1.165) is 31.6 Å². The zero-order valence-corrected chi connectivity index (χ0v) is 13.8. The fourth-order valence-corrected chi connectivity index (χ4v) is 2.87. The molecule has 1 amide bonds. The molecule has 124 valence electrons. The quantitative estimate of drug-likeness (QED) is 0.925. The van der Waals surface area contributed by atoms with Crippen molar-refractivity contribution in [3.8, 4) is 0 Å². The summed E-state index contributed by atoms with van der Waals surface area (Å²) in [5, 5.41) is 2.82. The Morgan fingerprint density at radius 1 is 1.21 bits per heavy atom. The summed E-state index contributed by atoms with van der Waals surface area (Å²) >= 11 is 0. The first-order chi connectivity index (χ1) is 11.6. The summed E-state index contributed by atoms with van der Waals surface area (Å²) in [6.45, 7) is 4.61. The Balaban J connectivity index is 1.56. The fourth-order valence-electron chi connectivity index (χ4n) is 2.87. The van der Waals surface area contributed by atoms with Gasteiger partial charge in [-0.05, 0) is 43.2 Å². The lowest BCUT2D eigenvalue weighted by Gasteiger charge is -2.26. The van der Waals surface area contributed by atoms with Gasteiger partial charge in [-0.3, -0.25) is 9.69 Å². The van der Waals surface area contributed by atoms with Crippen LogP contribution in [0.25, 0.3) is 0 Å². The van der Waals surface area contributed by atoms with Gasteiger partial charge in [-0.2, -0.15) is 0 Å². The van der Waals surface area contributed by atoms with E-state index in [0.29, 0.717) is 5.69 Å². The SMILES string of the molecule is Cc1cccc(CN2CC=C(C(=O)Nc3ccc(F)cc3)CC2)c1. The van der Waals surface area contributed by atoms with E-state index in [1.54, 1.807) is 12.1 Å². The smallest absolute Gasteiger partial charge is 0.251 e. The van der Waals surface area contributed by atoms with Gasteiger partial charge in [0.1, 0.15) is 5.82 Å². The number of hydrogen-bond acceptors (Lipinski definition) is 2. The molecule has 0 aromatic heterocycles. The van der Waals surface area contributed by atoms with Gasteiger partial charge in [0.25, 0.3) is 5.91 Å². The lowest BCUT2D eigenvalue weighted by Crippen LogP contribution is -2.31. The minimum Gasteiger partial charge on any atom is -0.322 e. The van der Waals surface area contributed by atoms with E-state index >= 15 is 0 Å². The van der Waals surface area contributed by atoms with Gasteiger partial charge in [0.2, 0.25) is 0 Å². The van der Waals surface area contributed by atoms with Crippen molar-refractivity contribution in [2.24, 2.45) is 0 Å². The summed E-state index contributed by atoms with van der Waals surface area (Å²) in [7, 11) is 0. The summed E-state index contributed by atoms with van der Waals surface area (Å²) in [6, 6.07) is 14.3. The molecule has 3 rings (SSSR count). The predicted molar refractivity (Wildman–Crippen MR) is 94.2 cm³/mol. The van der Waals surface area contributed by atoms with Crippen molar-refractivity contribution < 1.29 is 9.18 Å². The Morgan fingerprint density at radius 3 is 2.67 bits per heavy atom. The average molecular weight is 324 g/mol. The van der Waals surface area contributed by atoms with E-state index in [2.05, 4.69) is 41.4 Å². The predicted octanol–water partition coefficient (Wildman–Crippen LogP) is 3.90. The molecular formula is C20H21FN2O. The van der Waals surface area contributed by atoms with Crippen molar-refractivity contribution in [3.63, 3.8) is 0 Å². The topological polar surface area (TPSA) is 32.3 Å². The Hall–Kier alpha value is -2.46. The highest BCUT2D eigenvalue weighted by Gasteiger charge is 2.17. The first-order valence-electron chi connectivity index (χ1n) is 8.14. The van der Waals surface area contributed by atoms with E-state index < -0.39 is 0 Å². The Labute approximate surface area is 141 Å². The zero-order valence-electron chi connectivity index (χ0n) is 13.8. The number of rotatable bonds is 4. The molecule has 0 saturated carbocycles. The summed E-state index contributed by atoms with van der Waals surface area (Å²) in [6.07, 6.45) is 2.71. The summed E-state index contributed by atoms with van der Waals surface area (Å²) in [4.78, 5) is 14.6. The van der Waals surface area contributed by atoms with Gasteiger partial charge in [0.05, 0.1) is 0 Å². The highest BCUT2D eigenvalue weighted by Crippen LogP contribution is 2.17. The van der Waals surface area contributed by atoms with Crippen molar-refractivity contribution in [2.75, 3.05) is 18.4 Å². The molecule has 0 bridgehead atoms. The van der Waals surface area contributed by atoms with E-state index in [4.69, 9.17) is 0 Å². The van der Waals surface area contributed by atoms with E-state index in [9.17, 15) is 9.18 Å². The Kier molecular flexibility index (Phi) is 5.06. The Morgan fingerprint density at radius 2 is 2.00 bits per heavy atom. The number of amides is 1. The van der Waals surface area contributed by atoms with E-state index in [1.165, 1.54) is 23.3 Å². The second kappa shape index (κ2) is 7.41. The number of halogens is 1. The molecule has 1 aliphatic rings. The van der Waals surface area contributed by atoms with Gasteiger partial charge in [0, 0.05) is 30.9 Å². The molecule has 0 atom stereocenters. The number of benzene rings is 2. The number of nitrogens with zero attached hydrogens (tertiary/aromatic N) is 1. The molecule has 1 heterocycles. The molecular weight excluding hydrogens is 303 g/mol. The first kappa shape index (κ1) is 16.4. The third-order valence-corrected chi connectivity index (χ3v) is 4.18. The molecule has 0 saturated heterocycles. The van der Waals surface area contributed by atoms with Crippen LogP contribution in [0, 0.1) is 12.7 Å². The van der Waals surface area contributed by atoms with Crippen LogP contribution in [0.2, 0.25) is 0 Å². The third kappa shape index (κ3) is 4.30. The molecule has 4 heteroatoms. The standard InChI is InChI=1S/C20H21FN2O/c1-15-3-2-4-16(13-15)14-23-11-9-17(10-12-23)20(24)22-19-7-5-18(21)6-8-19/h2-9,13H,10-12,14H2,1H3,(H,22,24). The highest BCUT2D eigenvalue weighted by atomic mass is 19.1. The van der Waals surface area contributed by atoms with Crippen molar-refractivity contribution >= 4 is 11.6 Å². The molecule has 1 N–H and O–H groups in total. The average Bonchev–Trinajstić information content (AvgIpc) is 2.57. The lowest BCUT2D eigenvalue weighted by atomic mass is 10.1. The van der Waals surface area contributed by atoms with Crippen LogP contribution in [0.1, 0.15) is 17.5 Å². The van der Waals surface area contributed by atoms with Crippen molar-refractivity contribution in [1.82, 2.24) is 4.90 Å². The zero-order chi connectivity index (χ0) is 16.9. The van der Waals surface area contributed by atoms with Crippen LogP contribution in [0.5, 0.6) is 0 Å². The fraction of sp³-hybridized carbons (Fsp3) is 0.250. The summed E-state index contributed by atoms with van der Waals surface area (Å²) in [5.41, 5.74) is 3.96. The van der Waals surface area contributed by atoms with Crippen LogP contribution in [0.15, 0.2) is 60.2 Å². The van der Waals surface area contributed by atoms with Crippen LogP contribution >= 0.6 is 0 Å². The van der Waals surface area contributed by atoms with Gasteiger partial charge in [-0.15, -0.1) is 0 Å². The van der Waals surface area contributed by atoms with Crippen LogP contribution in [0.4, 0.5) is 10.1 Å². The van der Waals surface area contributed by atoms with Crippen LogP contribution in [-0.2, 0) is 11.3 Å². The number of hydrogen-bond donors (Lipinski definition) is 1. The number of nitrogens with one attached hydrogen (secondary N) is 1. The minimum absolute atomic E-state index is 0.100. The molecule has 2 aromatic rings. The molecule has 3 nitrogen and oxygen atoms in total. The van der Waals surface area contributed by atoms with Crippen LogP contribution < -0.4 is 5.32 Å². The van der Waals surface area contributed by atoms with Gasteiger partial charge < -0.3 is 5.32 Å². The van der Waals surface area contributed by atoms with Gasteiger partial charge in [0.15, 0.2) is 0 Å². The molecule has 24 heavy (non-hydrogen) atoms. The highest BCUT2D eigenvalue weighted by molar-refractivity contribution is 6.03. The lowest BCUT2D eigenvalue weighted by molar-refractivity contribution is -0.113. The molecule has 0 fully saturated rings. The van der Waals surface area contributed by atoms with E-state index in [1.807, 2.05) is 6.08 Å². The maximum absolute atomic E-state index is 12.9. The largest absolute Gasteiger partial charge is 0.322 e. The van der Waals surface area contributed by atoms with Crippen molar-refractivity contribution in [2.45, 2.75) is 19.9 Å². The van der Waals surface area contributed by atoms with Crippen LogP contribution in [-0.4, -0.2) is 23.9 Å². The second-order valence-corrected chi connectivity index (χ2v) is 6.16. The van der Waals surface area contributed by atoms with Crippen molar-refractivity contribution in [1.29, 1.82) is 0 Å². The summed E-state index contributed by atoms with van der Waals surface area (Å²) in [5.74, 6) is -0.409. The normalized spacial score (nSPS) is 15.0.